The molecule has 1 N–H and O–H groups in total. The summed E-state index contributed by atoms with van der Waals surface area (Å²) in [6.07, 6.45) is 1.50. The van der Waals surface area contributed by atoms with Crippen molar-refractivity contribution in [2.45, 2.75) is 50.5 Å². The Hall–Kier alpha value is -1.39. The first-order valence-corrected chi connectivity index (χ1v) is 7.14. The van der Waals surface area contributed by atoms with E-state index in [9.17, 15) is 9.90 Å². The van der Waals surface area contributed by atoms with Gasteiger partial charge in [0.05, 0.1) is 18.2 Å². The van der Waals surface area contributed by atoms with Gasteiger partial charge in [-0.05, 0) is 32.3 Å². The lowest BCUT2D eigenvalue weighted by molar-refractivity contribution is -0.184. The van der Waals surface area contributed by atoms with Crippen LogP contribution in [0, 0.1) is 0 Å². The predicted molar refractivity (Wildman–Crippen MR) is 75.0 cm³/mol. The molecule has 2 fully saturated rings. The smallest absolute Gasteiger partial charge is 0.254 e. The van der Waals surface area contributed by atoms with E-state index in [2.05, 4.69) is 0 Å². The van der Waals surface area contributed by atoms with E-state index in [0.29, 0.717) is 13.2 Å². The normalized spacial score (nSPS) is 27.4. The summed E-state index contributed by atoms with van der Waals surface area (Å²) in [6.45, 7) is 4.52. The Morgan fingerprint density at radius 1 is 1.30 bits per heavy atom. The third-order valence-corrected chi connectivity index (χ3v) is 4.33. The van der Waals surface area contributed by atoms with Gasteiger partial charge < -0.3 is 14.7 Å². The quantitative estimate of drug-likeness (QED) is 0.913. The minimum atomic E-state index is -0.809. The first-order valence-electron chi connectivity index (χ1n) is 7.14. The van der Waals surface area contributed by atoms with E-state index in [1.807, 2.05) is 30.3 Å². The lowest BCUT2D eigenvalue weighted by Crippen LogP contribution is -2.62. The average Bonchev–Trinajstić information content (AvgIpc) is 3.15. The number of morpholine rings is 1. The molecule has 1 aromatic rings. The fraction of sp³-hybridized carbons (Fsp3) is 0.562. The van der Waals surface area contributed by atoms with E-state index >= 15 is 0 Å². The van der Waals surface area contributed by atoms with Crippen LogP contribution in [0.2, 0.25) is 0 Å². The molecule has 4 heteroatoms. The van der Waals surface area contributed by atoms with Crippen LogP contribution in [-0.2, 0) is 16.1 Å². The Bertz CT molecular complexity index is 508. The SMILES string of the molecule is CC1(C)OCC(C2(O)CC2)N(Cc2ccccc2)C1=O. The molecule has 1 amide bonds. The van der Waals surface area contributed by atoms with Gasteiger partial charge in [0.15, 0.2) is 0 Å². The maximum absolute atomic E-state index is 12.6. The van der Waals surface area contributed by atoms with E-state index in [-0.39, 0.29) is 11.9 Å². The van der Waals surface area contributed by atoms with Crippen molar-refractivity contribution in [3.05, 3.63) is 35.9 Å². The van der Waals surface area contributed by atoms with Gasteiger partial charge in [-0.2, -0.15) is 0 Å². The number of nitrogens with zero attached hydrogens (tertiary/aromatic N) is 1. The average molecular weight is 275 g/mol. The first kappa shape index (κ1) is 13.6. The molecule has 4 nitrogen and oxygen atoms in total. The molecule has 1 aromatic carbocycles. The van der Waals surface area contributed by atoms with Gasteiger partial charge in [-0.3, -0.25) is 4.79 Å². The number of hydrogen-bond donors (Lipinski definition) is 1. The van der Waals surface area contributed by atoms with E-state index in [1.54, 1.807) is 18.7 Å². The van der Waals surface area contributed by atoms with Gasteiger partial charge in [0, 0.05) is 6.54 Å². The Labute approximate surface area is 119 Å². The van der Waals surface area contributed by atoms with Gasteiger partial charge in [-0.15, -0.1) is 0 Å². The Morgan fingerprint density at radius 2 is 1.95 bits per heavy atom. The number of aliphatic hydroxyl groups is 1. The summed E-state index contributed by atoms with van der Waals surface area (Å²) in [5.41, 5.74) is -0.481. The number of hydrogen-bond acceptors (Lipinski definition) is 3. The van der Waals surface area contributed by atoms with E-state index in [0.717, 1.165) is 18.4 Å². The van der Waals surface area contributed by atoms with Crippen molar-refractivity contribution in [1.29, 1.82) is 0 Å². The number of ether oxygens (including phenoxy) is 1. The van der Waals surface area contributed by atoms with Crippen LogP contribution in [0.3, 0.4) is 0 Å². The van der Waals surface area contributed by atoms with E-state index in [4.69, 9.17) is 4.74 Å². The van der Waals surface area contributed by atoms with Crippen LogP contribution in [0.15, 0.2) is 30.3 Å². The molecule has 0 radical (unpaired) electrons. The topological polar surface area (TPSA) is 49.8 Å². The molecule has 20 heavy (non-hydrogen) atoms. The van der Waals surface area contributed by atoms with Crippen molar-refractivity contribution < 1.29 is 14.6 Å². The maximum atomic E-state index is 12.6. The number of carbonyl (C=O) groups is 1. The minimum Gasteiger partial charge on any atom is -0.388 e. The summed E-state index contributed by atoms with van der Waals surface area (Å²) in [5, 5.41) is 10.4. The zero-order chi connectivity index (χ0) is 14.4. The molecular formula is C16H21NO3. The Kier molecular flexibility index (Phi) is 3.10. The highest BCUT2D eigenvalue weighted by atomic mass is 16.5. The van der Waals surface area contributed by atoms with Crippen LogP contribution >= 0.6 is 0 Å². The molecule has 1 saturated heterocycles. The van der Waals surface area contributed by atoms with Crippen molar-refractivity contribution in [2.75, 3.05) is 6.61 Å². The highest BCUT2D eigenvalue weighted by Crippen LogP contribution is 2.43. The van der Waals surface area contributed by atoms with Gasteiger partial charge in [-0.1, -0.05) is 30.3 Å². The Morgan fingerprint density at radius 3 is 2.55 bits per heavy atom. The van der Waals surface area contributed by atoms with Gasteiger partial charge in [0.2, 0.25) is 0 Å². The van der Waals surface area contributed by atoms with Crippen molar-refractivity contribution in [2.24, 2.45) is 0 Å². The first-order chi connectivity index (χ1) is 9.42. The standard InChI is InChI=1S/C16H21NO3/c1-15(2)14(18)17(10-12-6-4-3-5-7-12)13(11-20-15)16(19)8-9-16/h3-7,13,19H,8-11H2,1-2H3. The van der Waals surface area contributed by atoms with Crippen LogP contribution in [0.25, 0.3) is 0 Å². The fourth-order valence-electron chi connectivity index (χ4n) is 2.79. The molecule has 1 atom stereocenters. The second-order valence-electron chi connectivity index (χ2n) is 6.36. The monoisotopic (exact) mass is 275 g/mol. The third kappa shape index (κ3) is 2.34. The van der Waals surface area contributed by atoms with Gasteiger partial charge in [-0.25, -0.2) is 0 Å². The second kappa shape index (κ2) is 4.57. The predicted octanol–water partition coefficient (Wildman–Crippen LogP) is 1.72. The molecule has 3 rings (SSSR count). The van der Waals surface area contributed by atoms with E-state index in [1.165, 1.54) is 0 Å². The summed E-state index contributed by atoms with van der Waals surface area (Å²) in [6, 6.07) is 9.66. The zero-order valence-electron chi connectivity index (χ0n) is 12.0. The van der Waals surface area contributed by atoms with Crippen LogP contribution in [-0.4, -0.2) is 39.8 Å². The summed E-state index contributed by atoms with van der Waals surface area (Å²) in [7, 11) is 0. The molecule has 0 spiro atoms. The minimum absolute atomic E-state index is 0.0436. The van der Waals surface area contributed by atoms with Crippen molar-refractivity contribution in [3.8, 4) is 0 Å². The number of benzene rings is 1. The third-order valence-electron chi connectivity index (χ3n) is 4.33. The maximum Gasteiger partial charge on any atom is 0.254 e. The van der Waals surface area contributed by atoms with Gasteiger partial charge >= 0.3 is 0 Å². The van der Waals surface area contributed by atoms with Crippen LogP contribution in [0.4, 0.5) is 0 Å². The summed E-state index contributed by atoms with van der Waals surface area (Å²) >= 11 is 0. The molecule has 1 saturated carbocycles. The number of rotatable bonds is 3. The summed E-state index contributed by atoms with van der Waals surface area (Å²) < 4.78 is 5.67. The highest BCUT2D eigenvalue weighted by molar-refractivity contribution is 5.85. The van der Waals surface area contributed by atoms with Crippen molar-refractivity contribution in [1.82, 2.24) is 4.90 Å². The van der Waals surface area contributed by atoms with Gasteiger partial charge in [0.1, 0.15) is 5.60 Å². The molecule has 108 valence electrons. The molecule has 0 bridgehead atoms. The van der Waals surface area contributed by atoms with Gasteiger partial charge in [0.25, 0.3) is 5.91 Å². The van der Waals surface area contributed by atoms with Crippen molar-refractivity contribution >= 4 is 5.91 Å². The molecular weight excluding hydrogens is 254 g/mol. The molecule has 2 aliphatic rings. The zero-order valence-corrected chi connectivity index (χ0v) is 12.0. The molecule has 1 aliphatic heterocycles. The van der Waals surface area contributed by atoms with Crippen LogP contribution < -0.4 is 0 Å². The number of amides is 1. The number of carbonyl (C=O) groups excluding carboxylic acids is 1. The Balaban J connectivity index is 1.86. The largest absolute Gasteiger partial charge is 0.388 e. The lowest BCUT2D eigenvalue weighted by atomic mass is 9.98. The molecule has 1 aliphatic carbocycles. The van der Waals surface area contributed by atoms with Crippen LogP contribution in [0.1, 0.15) is 32.3 Å². The molecule has 1 heterocycles. The lowest BCUT2D eigenvalue weighted by Gasteiger charge is -2.45. The summed E-state index contributed by atoms with van der Waals surface area (Å²) in [4.78, 5) is 14.4. The second-order valence-corrected chi connectivity index (χ2v) is 6.36. The van der Waals surface area contributed by atoms with Crippen molar-refractivity contribution in [3.63, 3.8) is 0 Å². The fourth-order valence-corrected chi connectivity index (χ4v) is 2.79. The van der Waals surface area contributed by atoms with Crippen LogP contribution in [0.5, 0.6) is 0 Å². The summed E-state index contributed by atoms with van der Waals surface area (Å²) in [5.74, 6) is -0.0436. The van der Waals surface area contributed by atoms with E-state index < -0.39 is 11.2 Å². The highest BCUT2D eigenvalue weighted by Gasteiger charge is 2.55. The molecule has 0 aromatic heterocycles. The molecule has 1 unspecified atom stereocenters.